The maximum absolute atomic E-state index is 4.68. The minimum atomic E-state index is 0.881. The first-order valence-electron chi connectivity index (χ1n) is 2.89. The molecule has 50 valence electrons. The van der Waals surface area contributed by atoms with E-state index >= 15 is 0 Å². The number of allylic oxidation sites excluding steroid dienone is 2. The second kappa shape index (κ2) is 15.8. The van der Waals surface area contributed by atoms with E-state index < -0.39 is 0 Å². The largest absolute Gasteiger partial charge is 0.428 e. The first kappa shape index (κ1) is 10.8. The molecule has 2 heteroatoms. The average molecular weight is 132 g/mol. The van der Waals surface area contributed by atoms with Gasteiger partial charge in [0.25, 0.3) is 0 Å². The Hall–Kier alpha value is -0.0831. The molecule has 0 atom stereocenters. The van der Waals surface area contributed by atoms with E-state index in [-0.39, 0.29) is 0 Å². The molecule has 0 aliphatic heterocycles. The van der Waals surface area contributed by atoms with Gasteiger partial charge in [-0.3, -0.25) is 0 Å². The Morgan fingerprint density at radius 2 is 1.62 bits per heavy atom. The first-order valence-corrected chi connectivity index (χ1v) is 3.71. The highest BCUT2D eigenvalue weighted by molar-refractivity contribution is 5.97. The minimum absolute atomic E-state index is 0.881. The van der Waals surface area contributed by atoms with Crippen LogP contribution in [-0.2, 0) is 4.43 Å². The van der Waals surface area contributed by atoms with Crippen LogP contribution in [0.2, 0.25) is 0 Å². The monoisotopic (exact) mass is 132 g/mol. The van der Waals surface area contributed by atoms with E-state index in [0.29, 0.717) is 0 Å². The molecule has 0 N–H and O–H groups in total. The van der Waals surface area contributed by atoms with Gasteiger partial charge in [-0.1, -0.05) is 12.2 Å². The van der Waals surface area contributed by atoms with Crippen molar-refractivity contribution in [1.82, 2.24) is 0 Å². The SMILES string of the molecule is CC=CC.CCO[SiH3]. The molecule has 0 saturated carbocycles. The van der Waals surface area contributed by atoms with Crippen molar-refractivity contribution >= 4 is 10.5 Å². The predicted octanol–water partition coefficient (Wildman–Crippen LogP) is 0.886. The topological polar surface area (TPSA) is 9.23 Å². The lowest BCUT2D eigenvalue weighted by Gasteiger charge is -1.77. The minimum Gasteiger partial charge on any atom is -0.428 e. The molecule has 0 heterocycles. The Morgan fingerprint density at radius 3 is 1.62 bits per heavy atom. The fraction of sp³-hybridized carbons (Fsp3) is 0.667. The lowest BCUT2D eigenvalue weighted by molar-refractivity contribution is 0.375. The van der Waals surface area contributed by atoms with Crippen LogP contribution in [-0.4, -0.2) is 17.1 Å². The van der Waals surface area contributed by atoms with Crippen LogP contribution in [0.15, 0.2) is 12.2 Å². The molecular formula is C6H16OSi. The van der Waals surface area contributed by atoms with Crippen molar-refractivity contribution in [3.05, 3.63) is 12.2 Å². The van der Waals surface area contributed by atoms with E-state index in [4.69, 9.17) is 0 Å². The van der Waals surface area contributed by atoms with Crippen LogP contribution in [0.25, 0.3) is 0 Å². The second-order valence-electron chi connectivity index (χ2n) is 1.24. The quantitative estimate of drug-likeness (QED) is 0.380. The van der Waals surface area contributed by atoms with Crippen LogP contribution in [0, 0.1) is 0 Å². The van der Waals surface area contributed by atoms with Crippen LogP contribution < -0.4 is 0 Å². The van der Waals surface area contributed by atoms with Gasteiger partial charge in [-0.15, -0.1) is 0 Å². The van der Waals surface area contributed by atoms with Crippen molar-refractivity contribution in [3.8, 4) is 0 Å². The zero-order valence-corrected chi connectivity index (χ0v) is 8.27. The summed E-state index contributed by atoms with van der Waals surface area (Å²) in [5.74, 6) is 0. The summed E-state index contributed by atoms with van der Waals surface area (Å²) in [5, 5.41) is 0. The summed E-state index contributed by atoms with van der Waals surface area (Å²) >= 11 is 0. The summed E-state index contributed by atoms with van der Waals surface area (Å²) in [6, 6.07) is 0. The maximum atomic E-state index is 4.68. The molecule has 0 aliphatic rings. The van der Waals surface area contributed by atoms with E-state index in [2.05, 4.69) is 4.43 Å². The van der Waals surface area contributed by atoms with Crippen LogP contribution in [0.1, 0.15) is 20.8 Å². The Labute approximate surface area is 55.3 Å². The summed E-state index contributed by atoms with van der Waals surface area (Å²) < 4.78 is 4.68. The number of hydrogen-bond donors (Lipinski definition) is 0. The van der Waals surface area contributed by atoms with Gasteiger partial charge in [0.2, 0.25) is 0 Å². The molecule has 0 aromatic heterocycles. The van der Waals surface area contributed by atoms with Gasteiger partial charge in [0.15, 0.2) is 0 Å². The van der Waals surface area contributed by atoms with Gasteiger partial charge in [-0.25, -0.2) is 0 Å². The smallest absolute Gasteiger partial charge is 0.145 e. The Bertz CT molecular complexity index is 37.8. The molecule has 0 rings (SSSR count). The van der Waals surface area contributed by atoms with Crippen molar-refractivity contribution < 1.29 is 4.43 Å². The third kappa shape index (κ3) is 38.9. The van der Waals surface area contributed by atoms with Gasteiger partial charge >= 0.3 is 0 Å². The molecule has 0 spiro atoms. The molecule has 0 aromatic rings. The highest BCUT2D eigenvalue weighted by atomic mass is 28.2. The van der Waals surface area contributed by atoms with Gasteiger partial charge in [0, 0.05) is 6.61 Å². The molecule has 8 heavy (non-hydrogen) atoms. The van der Waals surface area contributed by atoms with Gasteiger partial charge in [-0.2, -0.15) is 0 Å². The van der Waals surface area contributed by atoms with E-state index in [1.165, 1.54) is 0 Å². The van der Waals surface area contributed by atoms with Gasteiger partial charge < -0.3 is 4.43 Å². The molecule has 0 radical (unpaired) electrons. The summed E-state index contributed by atoms with van der Waals surface area (Å²) in [4.78, 5) is 0. The molecule has 1 nitrogen and oxygen atoms in total. The van der Waals surface area contributed by atoms with Gasteiger partial charge in [0.1, 0.15) is 10.5 Å². The standard InChI is InChI=1S/C4H8.C2H8OSi/c1-3-4-2;1-2-3-4/h3-4H,1-2H3;2H2,1,4H3. The maximum Gasteiger partial charge on any atom is 0.145 e. The Morgan fingerprint density at radius 1 is 1.38 bits per heavy atom. The third-order valence-electron chi connectivity index (χ3n) is 0.622. The van der Waals surface area contributed by atoms with Crippen molar-refractivity contribution in [1.29, 1.82) is 0 Å². The molecule has 0 amide bonds. The highest BCUT2D eigenvalue weighted by Gasteiger charge is 1.51. The third-order valence-corrected chi connectivity index (χ3v) is 1.20. The summed E-state index contributed by atoms with van der Waals surface area (Å²) in [6.45, 7) is 6.87. The fourth-order valence-corrected chi connectivity index (χ4v) is 0. The fourth-order valence-electron chi connectivity index (χ4n) is 0. The van der Waals surface area contributed by atoms with Gasteiger partial charge in [0.05, 0.1) is 0 Å². The summed E-state index contributed by atoms with van der Waals surface area (Å²) in [5.41, 5.74) is 0. The summed E-state index contributed by atoms with van der Waals surface area (Å²) in [7, 11) is 0.890. The van der Waals surface area contributed by atoms with Crippen LogP contribution in [0.5, 0.6) is 0 Å². The lowest BCUT2D eigenvalue weighted by atomic mass is 10.6. The van der Waals surface area contributed by atoms with Crippen molar-refractivity contribution in [2.24, 2.45) is 0 Å². The number of rotatable bonds is 1. The van der Waals surface area contributed by atoms with E-state index in [0.717, 1.165) is 17.1 Å². The number of hydrogen-bond acceptors (Lipinski definition) is 1. The highest BCUT2D eigenvalue weighted by Crippen LogP contribution is 1.57. The predicted molar refractivity (Wildman–Crippen MR) is 42.1 cm³/mol. The Balaban J connectivity index is 0. The van der Waals surface area contributed by atoms with Crippen LogP contribution >= 0.6 is 0 Å². The van der Waals surface area contributed by atoms with Crippen molar-refractivity contribution in [2.45, 2.75) is 20.8 Å². The normalized spacial score (nSPS) is 8.88. The lowest BCUT2D eigenvalue weighted by Crippen LogP contribution is -1.76. The van der Waals surface area contributed by atoms with Crippen molar-refractivity contribution in [2.75, 3.05) is 6.61 Å². The molecule has 0 fully saturated rings. The molecule has 0 bridgehead atoms. The molecule has 0 unspecified atom stereocenters. The Kier molecular flexibility index (Phi) is 21.3. The molecule has 0 aliphatic carbocycles. The molecular weight excluding hydrogens is 116 g/mol. The average Bonchev–Trinajstić information content (AvgIpc) is 1.88. The zero-order valence-electron chi connectivity index (χ0n) is 6.27. The van der Waals surface area contributed by atoms with Gasteiger partial charge in [-0.05, 0) is 20.8 Å². The van der Waals surface area contributed by atoms with Crippen LogP contribution in [0.4, 0.5) is 0 Å². The zero-order chi connectivity index (χ0) is 6.83. The van der Waals surface area contributed by atoms with Crippen molar-refractivity contribution in [3.63, 3.8) is 0 Å². The van der Waals surface area contributed by atoms with E-state index in [1.807, 2.05) is 32.9 Å². The first-order chi connectivity index (χ1) is 3.83. The molecule has 0 aromatic carbocycles. The molecule has 0 saturated heterocycles. The van der Waals surface area contributed by atoms with Crippen LogP contribution in [0.3, 0.4) is 0 Å². The second-order valence-corrected chi connectivity index (χ2v) is 1.82. The van der Waals surface area contributed by atoms with E-state index in [1.54, 1.807) is 0 Å². The summed E-state index contributed by atoms with van der Waals surface area (Å²) in [6.07, 6.45) is 4.00. The van der Waals surface area contributed by atoms with E-state index in [9.17, 15) is 0 Å².